The van der Waals surface area contributed by atoms with Gasteiger partial charge in [-0.2, -0.15) is 0 Å². The van der Waals surface area contributed by atoms with E-state index in [2.05, 4.69) is 4.72 Å². The average Bonchev–Trinajstić information content (AvgIpc) is 2.53. The zero-order chi connectivity index (χ0) is 17.7. The van der Waals surface area contributed by atoms with Crippen molar-refractivity contribution < 1.29 is 17.9 Å². The summed E-state index contributed by atoms with van der Waals surface area (Å²) < 4.78 is 38.1. The second kappa shape index (κ2) is 7.68. The van der Waals surface area contributed by atoms with E-state index >= 15 is 0 Å². The highest BCUT2D eigenvalue weighted by atomic mass is 32.2. The first-order valence-electron chi connectivity index (χ1n) is 7.71. The number of hydrogen-bond donors (Lipinski definition) is 1. The SMILES string of the molecule is COc1ccc(CNS(=O)(=O)c2ccc(OC(C)C)cc2)cc1C. The van der Waals surface area contributed by atoms with E-state index in [1.165, 1.54) is 0 Å². The van der Waals surface area contributed by atoms with Gasteiger partial charge in [-0.05, 0) is 62.2 Å². The van der Waals surface area contributed by atoms with Crippen LogP contribution >= 0.6 is 0 Å². The Labute approximate surface area is 143 Å². The van der Waals surface area contributed by atoms with Crippen molar-refractivity contribution in [2.24, 2.45) is 0 Å². The van der Waals surface area contributed by atoms with E-state index in [9.17, 15) is 8.42 Å². The molecule has 0 heterocycles. The van der Waals surface area contributed by atoms with Crippen molar-refractivity contribution in [1.29, 1.82) is 0 Å². The Morgan fingerprint density at radius 2 is 1.75 bits per heavy atom. The highest BCUT2D eigenvalue weighted by molar-refractivity contribution is 7.89. The third-order valence-corrected chi connectivity index (χ3v) is 4.85. The Kier molecular flexibility index (Phi) is 5.85. The summed E-state index contributed by atoms with van der Waals surface area (Å²) in [5.74, 6) is 1.43. The van der Waals surface area contributed by atoms with Gasteiger partial charge in [-0.1, -0.05) is 12.1 Å². The number of nitrogens with one attached hydrogen (secondary N) is 1. The summed E-state index contributed by atoms with van der Waals surface area (Å²) >= 11 is 0. The minimum atomic E-state index is -3.57. The van der Waals surface area contributed by atoms with Crippen LogP contribution in [0.4, 0.5) is 0 Å². The fourth-order valence-corrected chi connectivity index (χ4v) is 3.30. The van der Waals surface area contributed by atoms with Crippen molar-refractivity contribution in [3.8, 4) is 11.5 Å². The lowest BCUT2D eigenvalue weighted by Crippen LogP contribution is -2.23. The molecule has 0 saturated heterocycles. The van der Waals surface area contributed by atoms with Gasteiger partial charge in [0.05, 0.1) is 18.1 Å². The molecule has 24 heavy (non-hydrogen) atoms. The van der Waals surface area contributed by atoms with Crippen LogP contribution in [-0.2, 0) is 16.6 Å². The van der Waals surface area contributed by atoms with Gasteiger partial charge < -0.3 is 9.47 Å². The van der Waals surface area contributed by atoms with Crippen LogP contribution in [0.5, 0.6) is 11.5 Å². The van der Waals surface area contributed by atoms with Crippen molar-refractivity contribution in [3.63, 3.8) is 0 Å². The second-order valence-electron chi connectivity index (χ2n) is 5.77. The maximum absolute atomic E-state index is 12.4. The van der Waals surface area contributed by atoms with Crippen LogP contribution in [0.3, 0.4) is 0 Å². The molecule has 0 radical (unpaired) electrons. The van der Waals surface area contributed by atoms with Gasteiger partial charge in [0.15, 0.2) is 0 Å². The van der Waals surface area contributed by atoms with E-state index in [1.54, 1.807) is 31.4 Å². The molecule has 0 fully saturated rings. The molecule has 0 unspecified atom stereocenters. The summed E-state index contributed by atoms with van der Waals surface area (Å²) in [5, 5.41) is 0. The molecular weight excluding hydrogens is 326 g/mol. The summed E-state index contributed by atoms with van der Waals surface area (Å²) in [7, 11) is -1.96. The first-order chi connectivity index (χ1) is 11.3. The fraction of sp³-hybridized carbons (Fsp3) is 0.333. The third-order valence-electron chi connectivity index (χ3n) is 3.43. The van der Waals surface area contributed by atoms with Crippen molar-refractivity contribution in [1.82, 2.24) is 4.72 Å². The molecule has 0 amide bonds. The quantitative estimate of drug-likeness (QED) is 0.833. The molecule has 0 aliphatic carbocycles. The molecule has 5 nitrogen and oxygen atoms in total. The van der Waals surface area contributed by atoms with E-state index in [0.717, 1.165) is 16.9 Å². The lowest BCUT2D eigenvalue weighted by Gasteiger charge is -2.11. The van der Waals surface area contributed by atoms with Crippen molar-refractivity contribution >= 4 is 10.0 Å². The fourth-order valence-electron chi connectivity index (χ4n) is 2.28. The zero-order valence-corrected chi connectivity index (χ0v) is 15.2. The van der Waals surface area contributed by atoms with E-state index in [4.69, 9.17) is 9.47 Å². The average molecular weight is 349 g/mol. The number of rotatable bonds is 7. The molecule has 0 aromatic heterocycles. The predicted molar refractivity (Wildman–Crippen MR) is 94.0 cm³/mol. The number of ether oxygens (including phenoxy) is 2. The maximum atomic E-state index is 12.4. The van der Waals surface area contributed by atoms with E-state index in [1.807, 2.05) is 39.0 Å². The maximum Gasteiger partial charge on any atom is 0.240 e. The molecule has 2 aromatic rings. The minimum absolute atomic E-state index is 0.0453. The topological polar surface area (TPSA) is 64.6 Å². The molecule has 0 spiro atoms. The van der Waals surface area contributed by atoms with Crippen LogP contribution in [-0.4, -0.2) is 21.6 Å². The van der Waals surface area contributed by atoms with Crippen LogP contribution in [0.1, 0.15) is 25.0 Å². The summed E-state index contributed by atoms with van der Waals surface area (Å²) in [6, 6.07) is 12.0. The first-order valence-corrected chi connectivity index (χ1v) is 9.20. The number of benzene rings is 2. The van der Waals surface area contributed by atoms with E-state index in [0.29, 0.717) is 5.75 Å². The van der Waals surface area contributed by atoms with Gasteiger partial charge in [-0.25, -0.2) is 13.1 Å². The standard InChI is InChI=1S/C18H23NO4S/c1-13(2)23-16-6-8-17(9-7-16)24(20,21)19-12-15-5-10-18(22-4)14(3)11-15/h5-11,13,19H,12H2,1-4H3. The normalized spacial score (nSPS) is 11.5. The number of methoxy groups -OCH3 is 1. The van der Waals surface area contributed by atoms with Crippen LogP contribution in [0.15, 0.2) is 47.4 Å². The molecule has 0 aliphatic rings. The smallest absolute Gasteiger partial charge is 0.240 e. The Morgan fingerprint density at radius 1 is 1.08 bits per heavy atom. The minimum Gasteiger partial charge on any atom is -0.496 e. The molecule has 0 bridgehead atoms. The van der Waals surface area contributed by atoms with E-state index in [-0.39, 0.29) is 17.5 Å². The number of sulfonamides is 1. The molecule has 2 rings (SSSR count). The molecule has 2 aromatic carbocycles. The van der Waals surface area contributed by atoms with E-state index < -0.39 is 10.0 Å². The summed E-state index contributed by atoms with van der Waals surface area (Å²) in [4.78, 5) is 0.212. The molecule has 130 valence electrons. The summed E-state index contributed by atoms with van der Waals surface area (Å²) in [6.45, 7) is 5.98. The largest absolute Gasteiger partial charge is 0.496 e. The van der Waals surface area contributed by atoms with Crippen LogP contribution in [0.25, 0.3) is 0 Å². The van der Waals surface area contributed by atoms with Crippen LogP contribution in [0.2, 0.25) is 0 Å². The highest BCUT2D eigenvalue weighted by Crippen LogP contribution is 2.20. The number of hydrogen-bond acceptors (Lipinski definition) is 4. The molecule has 6 heteroatoms. The Balaban J connectivity index is 2.06. The highest BCUT2D eigenvalue weighted by Gasteiger charge is 2.14. The van der Waals surface area contributed by atoms with Gasteiger partial charge in [0, 0.05) is 6.54 Å². The number of aryl methyl sites for hydroxylation is 1. The Bertz CT molecular complexity index is 783. The lowest BCUT2D eigenvalue weighted by atomic mass is 10.1. The van der Waals surface area contributed by atoms with Gasteiger partial charge in [0.2, 0.25) is 10.0 Å². The van der Waals surface area contributed by atoms with Crippen LogP contribution in [0, 0.1) is 6.92 Å². The molecule has 1 N–H and O–H groups in total. The molecule has 0 atom stereocenters. The van der Waals surface area contributed by atoms with Gasteiger partial charge >= 0.3 is 0 Å². The van der Waals surface area contributed by atoms with Crippen molar-refractivity contribution in [2.75, 3.05) is 7.11 Å². The second-order valence-corrected chi connectivity index (χ2v) is 7.53. The monoisotopic (exact) mass is 349 g/mol. The lowest BCUT2D eigenvalue weighted by molar-refractivity contribution is 0.242. The predicted octanol–water partition coefficient (Wildman–Crippen LogP) is 3.27. The van der Waals surface area contributed by atoms with Gasteiger partial charge in [-0.3, -0.25) is 0 Å². The van der Waals surface area contributed by atoms with Gasteiger partial charge in [0.25, 0.3) is 0 Å². The summed E-state index contributed by atoms with van der Waals surface area (Å²) in [6.07, 6.45) is 0.0453. The Morgan fingerprint density at radius 3 is 2.29 bits per heavy atom. The molecular formula is C18H23NO4S. The summed E-state index contributed by atoms with van der Waals surface area (Å²) in [5.41, 5.74) is 1.83. The molecule has 0 aliphatic heterocycles. The molecule has 0 saturated carbocycles. The van der Waals surface area contributed by atoms with Crippen molar-refractivity contribution in [2.45, 2.75) is 38.3 Å². The van der Waals surface area contributed by atoms with Gasteiger partial charge in [-0.15, -0.1) is 0 Å². The van der Waals surface area contributed by atoms with Crippen LogP contribution < -0.4 is 14.2 Å². The van der Waals surface area contributed by atoms with Crippen molar-refractivity contribution in [3.05, 3.63) is 53.6 Å². The Hall–Kier alpha value is -2.05. The first kappa shape index (κ1) is 18.3. The third kappa shape index (κ3) is 4.72. The van der Waals surface area contributed by atoms with Gasteiger partial charge in [0.1, 0.15) is 11.5 Å². The zero-order valence-electron chi connectivity index (χ0n) is 14.4.